The molecule has 3 N–H and O–H groups in total. The molecule has 2 aromatic rings. The van der Waals surface area contributed by atoms with Gasteiger partial charge in [-0.1, -0.05) is 12.1 Å². The Morgan fingerprint density at radius 3 is 2.67 bits per heavy atom. The number of aromatic nitrogens is 1. The molecule has 1 aromatic heterocycles. The number of nitrogens with zero attached hydrogens (tertiary/aromatic N) is 1. The molecule has 4 heteroatoms. The van der Waals surface area contributed by atoms with Gasteiger partial charge in [0.2, 0.25) is 0 Å². The fraction of sp³-hybridized carbons (Fsp3) is 0. The SMILES string of the molecule is Nc1ccncc1Nc1ccccc1Br. The minimum atomic E-state index is 0.681. The summed E-state index contributed by atoms with van der Waals surface area (Å²) in [4.78, 5) is 4.01. The van der Waals surface area contributed by atoms with Gasteiger partial charge in [-0.15, -0.1) is 0 Å². The van der Waals surface area contributed by atoms with Crippen molar-refractivity contribution in [3.8, 4) is 0 Å². The van der Waals surface area contributed by atoms with Crippen molar-refractivity contribution in [2.24, 2.45) is 0 Å². The lowest BCUT2D eigenvalue weighted by Crippen LogP contribution is -1.97. The zero-order chi connectivity index (χ0) is 10.7. The Hall–Kier alpha value is -1.55. The third-order valence-corrected chi connectivity index (χ3v) is 2.69. The maximum Gasteiger partial charge on any atom is 0.0804 e. The summed E-state index contributed by atoms with van der Waals surface area (Å²) < 4.78 is 0.994. The first kappa shape index (κ1) is 9.98. The molecular weight excluding hydrogens is 254 g/mol. The van der Waals surface area contributed by atoms with Gasteiger partial charge in [0, 0.05) is 10.7 Å². The van der Waals surface area contributed by atoms with Gasteiger partial charge in [0.15, 0.2) is 0 Å². The molecular formula is C11H10BrN3. The summed E-state index contributed by atoms with van der Waals surface area (Å²) in [6, 6.07) is 9.62. The van der Waals surface area contributed by atoms with Crippen LogP contribution in [0.2, 0.25) is 0 Å². The van der Waals surface area contributed by atoms with Gasteiger partial charge in [0.05, 0.1) is 23.3 Å². The van der Waals surface area contributed by atoms with Crippen molar-refractivity contribution in [2.45, 2.75) is 0 Å². The lowest BCUT2D eigenvalue weighted by Gasteiger charge is -2.09. The van der Waals surface area contributed by atoms with Crippen molar-refractivity contribution in [3.05, 3.63) is 47.2 Å². The largest absolute Gasteiger partial charge is 0.397 e. The van der Waals surface area contributed by atoms with Gasteiger partial charge in [0.1, 0.15) is 0 Å². The van der Waals surface area contributed by atoms with Crippen LogP contribution in [0, 0.1) is 0 Å². The second kappa shape index (κ2) is 4.31. The van der Waals surface area contributed by atoms with E-state index < -0.39 is 0 Å². The molecule has 0 aliphatic carbocycles. The van der Waals surface area contributed by atoms with Crippen LogP contribution in [0.25, 0.3) is 0 Å². The van der Waals surface area contributed by atoms with E-state index in [4.69, 9.17) is 5.73 Å². The van der Waals surface area contributed by atoms with Crippen LogP contribution in [0.1, 0.15) is 0 Å². The molecule has 0 spiro atoms. The number of hydrogen-bond donors (Lipinski definition) is 2. The number of benzene rings is 1. The maximum atomic E-state index is 5.80. The second-order valence-corrected chi connectivity index (χ2v) is 3.92. The Labute approximate surface area is 96.5 Å². The Balaban J connectivity index is 2.30. The molecule has 15 heavy (non-hydrogen) atoms. The van der Waals surface area contributed by atoms with Crippen molar-refractivity contribution < 1.29 is 0 Å². The fourth-order valence-electron chi connectivity index (χ4n) is 1.22. The molecule has 0 aliphatic heterocycles. The molecule has 0 radical (unpaired) electrons. The van der Waals surface area contributed by atoms with Gasteiger partial charge in [0.25, 0.3) is 0 Å². The van der Waals surface area contributed by atoms with E-state index in [0.29, 0.717) is 5.69 Å². The van der Waals surface area contributed by atoms with Gasteiger partial charge in [-0.2, -0.15) is 0 Å². The number of halogens is 1. The fourth-order valence-corrected chi connectivity index (χ4v) is 1.60. The summed E-state index contributed by atoms with van der Waals surface area (Å²) in [7, 11) is 0. The predicted octanol–water partition coefficient (Wildman–Crippen LogP) is 3.17. The van der Waals surface area contributed by atoms with Crippen LogP contribution in [-0.4, -0.2) is 4.98 Å². The van der Waals surface area contributed by atoms with Crippen LogP contribution in [0.3, 0.4) is 0 Å². The first-order valence-electron chi connectivity index (χ1n) is 4.48. The summed E-state index contributed by atoms with van der Waals surface area (Å²) in [6.45, 7) is 0. The summed E-state index contributed by atoms with van der Waals surface area (Å²) in [5.74, 6) is 0. The van der Waals surface area contributed by atoms with Crippen molar-refractivity contribution in [3.63, 3.8) is 0 Å². The van der Waals surface area contributed by atoms with Gasteiger partial charge in [-0.25, -0.2) is 0 Å². The van der Waals surface area contributed by atoms with Gasteiger partial charge in [-0.3, -0.25) is 4.98 Å². The number of rotatable bonds is 2. The molecule has 0 fully saturated rings. The molecule has 0 saturated carbocycles. The number of anilines is 3. The van der Waals surface area contributed by atoms with E-state index in [9.17, 15) is 0 Å². The lowest BCUT2D eigenvalue weighted by atomic mass is 10.3. The number of pyridine rings is 1. The quantitative estimate of drug-likeness (QED) is 0.875. The summed E-state index contributed by atoms with van der Waals surface area (Å²) in [5.41, 5.74) is 8.26. The average Bonchev–Trinajstić information content (AvgIpc) is 2.24. The maximum absolute atomic E-state index is 5.80. The zero-order valence-corrected chi connectivity index (χ0v) is 9.53. The van der Waals surface area contributed by atoms with Crippen molar-refractivity contribution in [2.75, 3.05) is 11.1 Å². The lowest BCUT2D eigenvalue weighted by molar-refractivity contribution is 1.32. The van der Waals surface area contributed by atoms with Crippen LogP contribution in [-0.2, 0) is 0 Å². The molecule has 2 rings (SSSR count). The number of nitrogens with one attached hydrogen (secondary N) is 1. The molecule has 0 aliphatic rings. The Morgan fingerprint density at radius 1 is 1.13 bits per heavy atom. The highest BCUT2D eigenvalue weighted by molar-refractivity contribution is 9.10. The first-order chi connectivity index (χ1) is 7.27. The molecule has 0 atom stereocenters. The van der Waals surface area contributed by atoms with E-state index >= 15 is 0 Å². The van der Waals surface area contributed by atoms with Gasteiger partial charge >= 0.3 is 0 Å². The normalized spacial score (nSPS) is 9.93. The van der Waals surface area contributed by atoms with E-state index in [1.807, 2.05) is 24.3 Å². The van der Waals surface area contributed by atoms with Crippen LogP contribution >= 0.6 is 15.9 Å². The minimum Gasteiger partial charge on any atom is -0.397 e. The average molecular weight is 264 g/mol. The standard InChI is InChI=1S/C11H10BrN3/c12-8-3-1-2-4-10(8)15-11-7-14-6-5-9(11)13/h1-7,15H,(H2,13,14). The zero-order valence-electron chi connectivity index (χ0n) is 7.94. The molecule has 0 amide bonds. The Kier molecular flexibility index (Phi) is 2.87. The first-order valence-corrected chi connectivity index (χ1v) is 5.28. The summed E-state index contributed by atoms with van der Waals surface area (Å²) in [5, 5.41) is 3.21. The van der Waals surface area contributed by atoms with Crippen LogP contribution in [0.4, 0.5) is 17.1 Å². The highest BCUT2D eigenvalue weighted by atomic mass is 79.9. The van der Waals surface area contributed by atoms with E-state index in [2.05, 4.69) is 26.2 Å². The highest BCUT2D eigenvalue weighted by Gasteiger charge is 2.01. The topological polar surface area (TPSA) is 50.9 Å². The monoisotopic (exact) mass is 263 g/mol. The molecule has 1 aromatic carbocycles. The second-order valence-electron chi connectivity index (χ2n) is 3.07. The summed E-state index contributed by atoms with van der Waals surface area (Å²) in [6.07, 6.45) is 3.37. The molecule has 1 heterocycles. The molecule has 0 unspecified atom stereocenters. The third-order valence-electron chi connectivity index (χ3n) is 2.00. The summed E-state index contributed by atoms with van der Waals surface area (Å²) >= 11 is 3.45. The number of hydrogen-bond acceptors (Lipinski definition) is 3. The molecule has 3 nitrogen and oxygen atoms in total. The van der Waals surface area contributed by atoms with E-state index in [0.717, 1.165) is 15.8 Å². The molecule has 76 valence electrons. The van der Waals surface area contributed by atoms with E-state index in [1.165, 1.54) is 0 Å². The predicted molar refractivity (Wildman–Crippen MR) is 66.1 cm³/mol. The minimum absolute atomic E-state index is 0.681. The third kappa shape index (κ3) is 2.27. The van der Waals surface area contributed by atoms with E-state index in [-0.39, 0.29) is 0 Å². The van der Waals surface area contributed by atoms with Crippen LogP contribution in [0.15, 0.2) is 47.2 Å². The number of nitrogen functional groups attached to an aromatic ring is 1. The smallest absolute Gasteiger partial charge is 0.0804 e. The van der Waals surface area contributed by atoms with Crippen LogP contribution in [0.5, 0.6) is 0 Å². The Bertz CT molecular complexity index is 427. The van der Waals surface area contributed by atoms with Crippen molar-refractivity contribution in [1.82, 2.24) is 4.98 Å². The molecule has 0 bridgehead atoms. The van der Waals surface area contributed by atoms with Gasteiger partial charge < -0.3 is 11.1 Å². The highest BCUT2D eigenvalue weighted by Crippen LogP contribution is 2.27. The Morgan fingerprint density at radius 2 is 1.93 bits per heavy atom. The number of nitrogens with two attached hydrogens (primary N) is 1. The number of para-hydroxylation sites is 1. The van der Waals surface area contributed by atoms with Gasteiger partial charge in [-0.05, 0) is 34.1 Å². The van der Waals surface area contributed by atoms with Crippen molar-refractivity contribution >= 4 is 33.0 Å². The molecule has 0 saturated heterocycles. The van der Waals surface area contributed by atoms with E-state index in [1.54, 1.807) is 18.5 Å². The van der Waals surface area contributed by atoms with Crippen LogP contribution < -0.4 is 11.1 Å². The van der Waals surface area contributed by atoms with Crippen molar-refractivity contribution in [1.29, 1.82) is 0 Å².